The molecule has 70 valence electrons. The Morgan fingerprint density at radius 1 is 1.58 bits per heavy atom. The summed E-state index contributed by atoms with van der Waals surface area (Å²) in [5.41, 5.74) is 0. The molecule has 0 saturated heterocycles. The molecule has 0 bridgehead atoms. The van der Waals surface area contributed by atoms with Crippen LogP contribution in [0.25, 0.3) is 0 Å². The van der Waals surface area contributed by atoms with Crippen molar-refractivity contribution in [3.63, 3.8) is 0 Å². The normalized spacial score (nSPS) is 20.4. The molecule has 0 heterocycles. The molecule has 1 aliphatic rings. The van der Waals surface area contributed by atoms with Gasteiger partial charge in [-0.05, 0) is 19.8 Å². The van der Waals surface area contributed by atoms with E-state index in [1.54, 1.807) is 0 Å². The van der Waals surface area contributed by atoms with Crippen LogP contribution in [0.2, 0.25) is 0 Å². The van der Waals surface area contributed by atoms with Gasteiger partial charge in [-0.3, -0.25) is 4.79 Å². The highest BCUT2D eigenvalue weighted by atomic mass is 32.2. The molecule has 0 spiro atoms. The highest BCUT2D eigenvalue weighted by Gasteiger charge is 2.37. The minimum atomic E-state index is -3.36. The van der Waals surface area contributed by atoms with Crippen LogP contribution < -0.4 is 4.72 Å². The predicted octanol–water partition coefficient (Wildman–Crippen LogP) is -0.459. The van der Waals surface area contributed by atoms with E-state index in [-0.39, 0.29) is 5.25 Å². The Balaban J connectivity index is 2.55. The van der Waals surface area contributed by atoms with E-state index in [1.807, 2.05) is 0 Å². The van der Waals surface area contributed by atoms with Gasteiger partial charge in [-0.25, -0.2) is 13.1 Å². The fourth-order valence-corrected chi connectivity index (χ4v) is 2.31. The molecule has 0 aliphatic heterocycles. The molecule has 0 aromatic rings. The van der Waals surface area contributed by atoms with Gasteiger partial charge in [-0.2, -0.15) is 0 Å². The molecule has 12 heavy (non-hydrogen) atoms. The summed E-state index contributed by atoms with van der Waals surface area (Å²) in [6.45, 7) is 1.31. The third kappa shape index (κ3) is 2.18. The van der Waals surface area contributed by atoms with Gasteiger partial charge in [0.05, 0.1) is 5.25 Å². The van der Waals surface area contributed by atoms with Crippen LogP contribution in [0.3, 0.4) is 0 Å². The lowest BCUT2D eigenvalue weighted by molar-refractivity contribution is -0.138. The first-order valence-corrected chi connectivity index (χ1v) is 5.22. The van der Waals surface area contributed by atoms with Crippen LogP contribution in [0.1, 0.15) is 19.8 Å². The van der Waals surface area contributed by atoms with E-state index >= 15 is 0 Å². The van der Waals surface area contributed by atoms with Gasteiger partial charge >= 0.3 is 5.97 Å². The number of carbonyl (C=O) groups is 1. The van der Waals surface area contributed by atoms with E-state index in [9.17, 15) is 13.2 Å². The molecule has 5 nitrogen and oxygen atoms in total. The van der Waals surface area contributed by atoms with Crippen molar-refractivity contribution < 1.29 is 18.3 Å². The van der Waals surface area contributed by atoms with Crippen molar-refractivity contribution in [2.24, 2.45) is 0 Å². The van der Waals surface area contributed by atoms with Gasteiger partial charge in [0.2, 0.25) is 10.0 Å². The van der Waals surface area contributed by atoms with Crippen molar-refractivity contribution in [1.29, 1.82) is 0 Å². The largest absolute Gasteiger partial charge is 0.480 e. The summed E-state index contributed by atoms with van der Waals surface area (Å²) in [4.78, 5) is 10.3. The zero-order chi connectivity index (χ0) is 9.35. The van der Waals surface area contributed by atoms with Gasteiger partial charge in [0.1, 0.15) is 6.04 Å². The third-order valence-electron chi connectivity index (χ3n) is 1.67. The van der Waals surface area contributed by atoms with Crippen molar-refractivity contribution in [3.05, 3.63) is 0 Å². The zero-order valence-electron chi connectivity index (χ0n) is 6.65. The summed E-state index contributed by atoms with van der Waals surface area (Å²) < 4.78 is 24.4. The fraction of sp³-hybridized carbons (Fsp3) is 0.833. The molecule has 1 saturated carbocycles. The molecule has 0 amide bonds. The smallest absolute Gasteiger partial charge is 0.321 e. The Kier molecular flexibility index (Phi) is 2.39. The lowest BCUT2D eigenvalue weighted by Crippen LogP contribution is -2.40. The maximum absolute atomic E-state index is 11.1. The number of hydrogen-bond acceptors (Lipinski definition) is 3. The number of rotatable bonds is 4. The zero-order valence-corrected chi connectivity index (χ0v) is 7.47. The predicted molar refractivity (Wildman–Crippen MR) is 42.2 cm³/mol. The average molecular weight is 193 g/mol. The quantitative estimate of drug-likeness (QED) is 0.633. The first kappa shape index (κ1) is 9.47. The van der Waals surface area contributed by atoms with Crippen LogP contribution in [0, 0.1) is 0 Å². The summed E-state index contributed by atoms with van der Waals surface area (Å²) >= 11 is 0. The van der Waals surface area contributed by atoms with Crippen LogP contribution in [0.4, 0.5) is 0 Å². The minimum Gasteiger partial charge on any atom is -0.480 e. The van der Waals surface area contributed by atoms with Gasteiger partial charge in [-0.15, -0.1) is 0 Å². The van der Waals surface area contributed by atoms with E-state index < -0.39 is 22.0 Å². The molecule has 0 aromatic carbocycles. The highest BCUT2D eigenvalue weighted by Crippen LogP contribution is 2.27. The highest BCUT2D eigenvalue weighted by molar-refractivity contribution is 7.90. The molecular weight excluding hydrogens is 182 g/mol. The van der Waals surface area contributed by atoms with Crippen LogP contribution in [-0.4, -0.2) is 30.8 Å². The summed E-state index contributed by atoms with van der Waals surface area (Å²) in [5, 5.41) is 8.06. The standard InChI is InChI=1S/C6H11NO4S/c1-4(6(8)9)7-12(10,11)5-2-3-5/h4-5,7H,2-3H2,1H3,(H,8,9)/t4-/m1/s1. The van der Waals surface area contributed by atoms with Gasteiger partial charge in [0, 0.05) is 0 Å². The number of carboxylic acids is 1. The lowest BCUT2D eigenvalue weighted by Gasteiger charge is -2.08. The second-order valence-corrected chi connectivity index (χ2v) is 4.91. The molecule has 1 atom stereocenters. The Morgan fingerprint density at radius 2 is 2.08 bits per heavy atom. The van der Waals surface area contributed by atoms with Crippen molar-refractivity contribution >= 4 is 16.0 Å². The van der Waals surface area contributed by atoms with Crippen LogP contribution in [-0.2, 0) is 14.8 Å². The molecule has 6 heteroatoms. The number of nitrogens with one attached hydrogen (secondary N) is 1. The summed E-state index contributed by atoms with van der Waals surface area (Å²) in [6.07, 6.45) is 1.28. The van der Waals surface area contributed by atoms with Gasteiger partial charge in [-0.1, -0.05) is 0 Å². The van der Waals surface area contributed by atoms with E-state index in [1.165, 1.54) is 6.92 Å². The van der Waals surface area contributed by atoms with Crippen molar-refractivity contribution in [3.8, 4) is 0 Å². The Morgan fingerprint density at radius 3 is 2.42 bits per heavy atom. The topological polar surface area (TPSA) is 83.5 Å². The number of aliphatic carboxylic acids is 1. The SMILES string of the molecule is C[C@@H](NS(=O)(=O)C1CC1)C(=O)O. The summed E-state index contributed by atoms with van der Waals surface area (Å²) in [7, 11) is -3.36. The minimum absolute atomic E-state index is 0.362. The van der Waals surface area contributed by atoms with Gasteiger partial charge in [0.15, 0.2) is 0 Å². The van der Waals surface area contributed by atoms with E-state index in [2.05, 4.69) is 4.72 Å². The molecule has 0 unspecified atom stereocenters. The second-order valence-electron chi connectivity index (χ2n) is 2.92. The lowest BCUT2D eigenvalue weighted by atomic mass is 10.4. The van der Waals surface area contributed by atoms with Crippen molar-refractivity contribution in [1.82, 2.24) is 4.72 Å². The number of sulfonamides is 1. The number of hydrogen-bond donors (Lipinski definition) is 2. The Bertz CT molecular complexity index is 280. The molecule has 0 aromatic heterocycles. The summed E-state index contributed by atoms with van der Waals surface area (Å²) in [5.74, 6) is -1.15. The molecule has 1 aliphatic carbocycles. The van der Waals surface area contributed by atoms with Crippen LogP contribution in [0.5, 0.6) is 0 Å². The van der Waals surface area contributed by atoms with Crippen molar-refractivity contribution in [2.45, 2.75) is 31.1 Å². The maximum atomic E-state index is 11.1. The van der Waals surface area contributed by atoms with Gasteiger partial charge in [0.25, 0.3) is 0 Å². The Labute approximate surface area is 70.8 Å². The number of carboxylic acid groups (broad SMARTS) is 1. The fourth-order valence-electron chi connectivity index (χ4n) is 0.771. The first-order chi connectivity index (χ1) is 5.43. The first-order valence-electron chi connectivity index (χ1n) is 3.67. The van der Waals surface area contributed by atoms with E-state index in [0.717, 1.165) is 0 Å². The summed E-state index contributed by atoms with van der Waals surface area (Å²) in [6, 6.07) is -1.03. The van der Waals surface area contributed by atoms with Crippen LogP contribution >= 0.6 is 0 Å². The second kappa shape index (κ2) is 3.02. The van der Waals surface area contributed by atoms with Crippen LogP contribution in [0.15, 0.2) is 0 Å². The average Bonchev–Trinajstić information content (AvgIpc) is 2.65. The Hall–Kier alpha value is -0.620. The monoisotopic (exact) mass is 193 g/mol. The molecular formula is C6H11NO4S. The molecule has 1 rings (SSSR count). The van der Waals surface area contributed by atoms with Gasteiger partial charge < -0.3 is 5.11 Å². The molecule has 0 radical (unpaired) electrons. The van der Waals surface area contributed by atoms with E-state index in [4.69, 9.17) is 5.11 Å². The maximum Gasteiger partial charge on any atom is 0.321 e. The third-order valence-corrected chi connectivity index (χ3v) is 3.71. The molecule has 2 N–H and O–H groups in total. The molecule has 1 fully saturated rings. The van der Waals surface area contributed by atoms with Crippen molar-refractivity contribution in [2.75, 3.05) is 0 Å². The van der Waals surface area contributed by atoms with E-state index in [0.29, 0.717) is 12.8 Å².